The largest absolute Gasteiger partial charge is 0.456 e. The van der Waals surface area contributed by atoms with Gasteiger partial charge in [-0.3, -0.25) is 9.78 Å². The van der Waals surface area contributed by atoms with Crippen molar-refractivity contribution in [3.63, 3.8) is 0 Å². The molecule has 0 spiro atoms. The molecular formula is C22H23N3O2. The fraction of sp³-hybridized carbons (Fsp3) is 0.182. The van der Waals surface area contributed by atoms with Crippen molar-refractivity contribution < 1.29 is 9.53 Å². The number of nitrogens with one attached hydrogen (secondary N) is 1. The maximum Gasteiger partial charge on any atom is 0.254 e. The van der Waals surface area contributed by atoms with Gasteiger partial charge in [0.1, 0.15) is 17.1 Å². The van der Waals surface area contributed by atoms with Crippen LogP contribution in [0.1, 0.15) is 27.0 Å². The van der Waals surface area contributed by atoms with Crippen LogP contribution in [-0.2, 0) is 13.0 Å². The highest BCUT2D eigenvalue weighted by Crippen LogP contribution is 2.27. The van der Waals surface area contributed by atoms with Gasteiger partial charge in [-0.25, -0.2) is 0 Å². The first kappa shape index (κ1) is 18.6. The van der Waals surface area contributed by atoms with Crippen LogP contribution in [0.4, 0.5) is 0 Å². The van der Waals surface area contributed by atoms with E-state index in [-0.39, 0.29) is 5.56 Å². The number of ether oxygens (including phenoxy) is 1. The van der Waals surface area contributed by atoms with Gasteiger partial charge in [0, 0.05) is 18.9 Å². The number of carbonyl (C=O) groups is 1. The zero-order valence-corrected chi connectivity index (χ0v) is 15.3. The SMILES string of the molecule is Cc1cc(CNCCc2ccccc2)ccc1Oc1ccncc1C(N)=O. The van der Waals surface area contributed by atoms with Gasteiger partial charge >= 0.3 is 0 Å². The third kappa shape index (κ3) is 5.15. The monoisotopic (exact) mass is 361 g/mol. The Hall–Kier alpha value is -3.18. The van der Waals surface area contributed by atoms with E-state index in [0.29, 0.717) is 11.5 Å². The highest BCUT2D eigenvalue weighted by atomic mass is 16.5. The molecule has 0 fully saturated rings. The Morgan fingerprint density at radius 3 is 2.63 bits per heavy atom. The Morgan fingerprint density at radius 1 is 1.07 bits per heavy atom. The minimum Gasteiger partial charge on any atom is -0.456 e. The van der Waals surface area contributed by atoms with E-state index in [1.54, 1.807) is 12.3 Å². The van der Waals surface area contributed by atoms with Gasteiger partial charge in [-0.1, -0.05) is 42.5 Å². The number of rotatable bonds is 8. The Balaban J connectivity index is 1.58. The van der Waals surface area contributed by atoms with E-state index in [1.807, 2.05) is 25.1 Å². The van der Waals surface area contributed by atoms with E-state index in [2.05, 4.69) is 40.6 Å². The first-order valence-electron chi connectivity index (χ1n) is 8.89. The third-order valence-corrected chi connectivity index (χ3v) is 4.27. The zero-order chi connectivity index (χ0) is 19.1. The predicted octanol–water partition coefficient (Wildman–Crippen LogP) is 3.61. The second kappa shape index (κ2) is 8.96. The fourth-order valence-corrected chi connectivity index (χ4v) is 2.82. The van der Waals surface area contributed by atoms with Crippen LogP contribution in [0.15, 0.2) is 67.0 Å². The number of hydrogen-bond acceptors (Lipinski definition) is 4. The first-order valence-corrected chi connectivity index (χ1v) is 8.89. The summed E-state index contributed by atoms with van der Waals surface area (Å²) in [5.74, 6) is 0.543. The molecule has 5 nitrogen and oxygen atoms in total. The summed E-state index contributed by atoms with van der Waals surface area (Å²) in [6.07, 6.45) is 3.99. The van der Waals surface area contributed by atoms with Crippen molar-refractivity contribution >= 4 is 5.91 Å². The number of pyridine rings is 1. The Labute approximate surface area is 159 Å². The first-order chi connectivity index (χ1) is 13.1. The third-order valence-electron chi connectivity index (χ3n) is 4.27. The predicted molar refractivity (Wildman–Crippen MR) is 106 cm³/mol. The summed E-state index contributed by atoms with van der Waals surface area (Å²) in [6, 6.07) is 18.1. The highest BCUT2D eigenvalue weighted by Gasteiger charge is 2.11. The topological polar surface area (TPSA) is 77.2 Å². The molecule has 0 aliphatic rings. The zero-order valence-electron chi connectivity index (χ0n) is 15.3. The molecule has 3 rings (SSSR count). The highest BCUT2D eigenvalue weighted by molar-refractivity contribution is 5.95. The van der Waals surface area contributed by atoms with Crippen LogP contribution in [0.5, 0.6) is 11.5 Å². The molecule has 27 heavy (non-hydrogen) atoms. The average Bonchev–Trinajstić information content (AvgIpc) is 2.68. The van der Waals surface area contributed by atoms with Crippen molar-refractivity contribution in [1.82, 2.24) is 10.3 Å². The smallest absolute Gasteiger partial charge is 0.254 e. The average molecular weight is 361 g/mol. The molecule has 0 saturated heterocycles. The summed E-state index contributed by atoms with van der Waals surface area (Å²) in [4.78, 5) is 15.4. The van der Waals surface area contributed by atoms with E-state index < -0.39 is 5.91 Å². The van der Waals surface area contributed by atoms with Crippen molar-refractivity contribution in [2.24, 2.45) is 5.73 Å². The van der Waals surface area contributed by atoms with Crippen LogP contribution in [-0.4, -0.2) is 17.4 Å². The van der Waals surface area contributed by atoms with E-state index in [1.165, 1.54) is 17.3 Å². The molecule has 3 aromatic rings. The summed E-state index contributed by atoms with van der Waals surface area (Å²) < 4.78 is 5.88. The van der Waals surface area contributed by atoms with Crippen molar-refractivity contribution in [1.29, 1.82) is 0 Å². The minimum absolute atomic E-state index is 0.267. The minimum atomic E-state index is -0.560. The van der Waals surface area contributed by atoms with Crippen LogP contribution < -0.4 is 15.8 Å². The maximum atomic E-state index is 11.5. The second-order valence-corrected chi connectivity index (χ2v) is 6.35. The lowest BCUT2D eigenvalue weighted by Crippen LogP contribution is -2.16. The normalized spacial score (nSPS) is 10.6. The number of benzene rings is 2. The lowest BCUT2D eigenvalue weighted by atomic mass is 10.1. The van der Waals surface area contributed by atoms with Gasteiger partial charge in [-0.15, -0.1) is 0 Å². The fourth-order valence-electron chi connectivity index (χ4n) is 2.82. The molecule has 1 aromatic heterocycles. The summed E-state index contributed by atoms with van der Waals surface area (Å²) in [7, 11) is 0. The molecule has 0 aliphatic carbocycles. The molecule has 0 saturated carbocycles. The molecule has 0 unspecified atom stereocenters. The Kier molecular flexibility index (Phi) is 6.18. The lowest BCUT2D eigenvalue weighted by Gasteiger charge is -2.12. The molecule has 3 N–H and O–H groups in total. The van der Waals surface area contributed by atoms with Gasteiger partial charge in [0.15, 0.2) is 0 Å². The number of nitrogens with zero attached hydrogens (tertiary/aromatic N) is 1. The standard InChI is InChI=1S/C22H23N3O2/c1-16-13-18(14-24-11-9-17-5-3-2-4-6-17)7-8-20(16)27-21-10-12-25-15-19(21)22(23)26/h2-8,10,12-13,15,24H,9,11,14H2,1H3,(H2,23,26). The molecule has 1 heterocycles. The van der Waals surface area contributed by atoms with E-state index in [4.69, 9.17) is 10.5 Å². The van der Waals surface area contributed by atoms with Gasteiger partial charge in [0.2, 0.25) is 0 Å². The molecular weight excluding hydrogens is 338 g/mol. The number of primary amides is 1. The maximum absolute atomic E-state index is 11.5. The van der Waals surface area contributed by atoms with Crippen molar-refractivity contribution in [2.45, 2.75) is 19.9 Å². The molecule has 0 aliphatic heterocycles. The number of aromatic nitrogens is 1. The number of carbonyl (C=O) groups excluding carboxylic acids is 1. The van der Waals surface area contributed by atoms with E-state index in [0.717, 1.165) is 25.1 Å². The number of amides is 1. The van der Waals surface area contributed by atoms with Crippen LogP contribution in [0.3, 0.4) is 0 Å². The molecule has 138 valence electrons. The molecule has 2 aromatic carbocycles. The summed E-state index contributed by atoms with van der Waals surface area (Å²) in [5, 5.41) is 3.46. The summed E-state index contributed by atoms with van der Waals surface area (Å²) >= 11 is 0. The van der Waals surface area contributed by atoms with Crippen molar-refractivity contribution in [3.8, 4) is 11.5 Å². The molecule has 0 bridgehead atoms. The van der Waals surface area contributed by atoms with Gasteiger partial charge in [-0.05, 0) is 48.7 Å². The van der Waals surface area contributed by atoms with Crippen molar-refractivity contribution in [2.75, 3.05) is 6.54 Å². The van der Waals surface area contributed by atoms with Gasteiger partial charge in [0.05, 0.1) is 0 Å². The summed E-state index contributed by atoms with van der Waals surface area (Å²) in [6.45, 7) is 3.68. The number of nitrogens with two attached hydrogens (primary N) is 1. The van der Waals surface area contributed by atoms with Crippen molar-refractivity contribution in [3.05, 3.63) is 89.2 Å². The quantitative estimate of drug-likeness (QED) is 0.601. The van der Waals surface area contributed by atoms with Gasteiger partial charge in [0.25, 0.3) is 5.91 Å². The van der Waals surface area contributed by atoms with Crippen LogP contribution in [0.25, 0.3) is 0 Å². The summed E-state index contributed by atoms with van der Waals surface area (Å²) in [5.41, 5.74) is 9.14. The molecule has 0 radical (unpaired) electrons. The van der Waals surface area contributed by atoms with Crippen LogP contribution in [0.2, 0.25) is 0 Å². The Morgan fingerprint density at radius 2 is 1.89 bits per heavy atom. The molecule has 1 amide bonds. The van der Waals surface area contributed by atoms with Gasteiger partial charge in [-0.2, -0.15) is 0 Å². The molecule has 0 atom stereocenters. The lowest BCUT2D eigenvalue weighted by molar-refractivity contribution is 0.0997. The Bertz CT molecular complexity index is 910. The van der Waals surface area contributed by atoms with E-state index >= 15 is 0 Å². The van der Waals surface area contributed by atoms with Crippen LogP contribution in [0, 0.1) is 6.92 Å². The van der Waals surface area contributed by atoms with E-state index in [9.17, 15) is 4.79 Å². The number of aryl methyl sites for hydroxylation is 1. The second-order valence-electron chi connectivity index (χ2n) is 6.35. The number of hydrogen-bond donors (Lipinski definition) is 2. The van der Waals surface area contributed by atoms with Gasteiger partial charge < -0.3 is 15.8 Å². The van der Waals surface area contributed by atoms with Crippen LogP contribution >= 0.6 is 0 Å². The molecule has 5 heteroatoms.